The molecule has 0 aromatic heterocycles. The van der Waals surface area contributed by atoms with Crippen molar-refractivity contribution in [3.63, 3.8) is 0 Å². The summed E-state index contributed by atoms with van der Waals surface area (Å²) in [4.78, 5) is 57.1. The number of benzene rings is 5. The molecule has 0 saturated heterocycles. The van der Waals surface area contributed by atoms with Gasteiger partial charge in [0.15, 0.2) is 0 Å². The Kier molecular flexibility index (Phi) is 7.41. The van der Waals surface area contributed by atoms with Crippen LogP contribution in [0.4, 0.5) is 4.79 Å². The summed E-state index contributed by atoms with van der Waals surface area (Å²) in [6.07, 6.45) is 6.86. The molecule has 0 saturated carbocycles. The Hall–Kier alpha value is -5.05. The molecule has 0 radical (unpaired) electrons. The molecule has 0 bridgehead atoms. The zero-order valence-corrected chi connectivity index (χ0v) is 24.8. The third kappa shape index (κ3) is 4.34. The summed E-state index contributed by atoms with van der Waals surface area (Å²) in [6.45, 7) is 4.24. The molecule has 6 rings (SSSR count). The number of aromatic carboxylic acids is 1. The molecule has 0 aliphatic carbocycles. The molecule has 4 amide bonds. The van der Waals surface area contributed by atoms with Crippen molar-refractivity contribution in [2.24, 2.45) is 16.5 Å². The van der Waals surface area contributed by atoms with Crippen LogP contribution in [0, 0.1) is 0 Å². The SMILES string of the molecule is CCCCCc1c2c3c(c(C(N)=O)c(C(=O)O)c4c5cccc6cccc(c(c1CCCCC)c34)c65)C(=O)NC(=O)N=C2N. The van der Waals surface area contributed by atoms with Gasteiger partial charge in [-0.15, -0.1) is 0 Å². The number of hydrogen-bond donors (Lipinski definition) is 4. The Bertz CT molecular complexity index is 2070. The number of carbonyl (C=O) groups is 4. The van der Waals surface area contributed by atoms with Crippen LogP contribution in [0.1, 0.15) is 100 Å². The third-order valence-corrected chi connectivity index (χ3v) is 8.86. The monoisotopic (exact) mass is 590 g/mol. The number of urea groups is 1. The minimum absolute atomic E-state index is 0.0902. The number of rotatable bonds is 10. The van der Waals surface area contributed by atoms with Crippen LogP contribution in [0.15, 0.2) is 41.4 Å². The van der Waals surface area contributed by atoms with E-state index >= 15 is 0 Å². The van der Waals surface area contributed by atoms with E-state index in [9.17, 15) is 24.3 Å². The summed E-state index contributed by atoms with van der Waals surface area (Å²) in [5, 5.41) is 18.2. The van der Waals surface area contributed by atoms with Crippen molar-refractivity contribution in [3.8, 4) is 0 Å². The van der Waals surface area contributed by atoms with Gasteiger partial charge in [-0.1, -0.05) is 75.9 Å². The van der Waals surface area contributed by atoms with Crippen molar-refractivity contribution in [2.75, 3.05) is 0 Å². The van der Waals surface area contributed by atoms with Gasteiger partial charge in [0.2, 0.25) is 5.91 Å². The molecule has 1 heterocycles. The highest BCUT2D eigenvalue weighted by atomic mass is 16.4. The van der Waals surface area contributed by atoms with E-state index in [-0.39, 0.29) is 17.0 Å². The number of carboxylic acid groups (broad SMARTS) is 1. The zero-order valence-electron chi connectivity index (χ0n) is 24.8. The van der Waals surface area contributed by atoms with Crippen LogP contribution in [-0.2, 0) is 12.8 Å². The molecule has 0 atom stereocenters. The number of nitrogens with one attached hydrogen (secondary N) is 1. The van der Waals surface area contributed by atoms with E-state index in [0.29, 0.717) is 39.9 Å². The molecule has 0 fully saturated rings. The standard InChI is InChI=1S/C35H34N4O5/c1-3-5-7-13-18-19(14-8-6-4-2)25-27-26-23(18)20-15-9-11-17-12-10-16-21(22(17)20)24(26)30(34(42)43)28(32(37)40)29(27)33(41)39-35(44)38-31(25)36/h9-12,15-16H,3-8,13-14H2,1-2H3,(H2,37,40)(H,42,43)(H3,36,38,39,41,44). The maximum atomic E-state index is 13.9. The summed E-state index contributed by atoms with van der Waals surface area (Å²) in [5.74, 6) is -3.53. The van der Waals surface area contributed by atoms with Crippen LogP contribution in [0.2, 0.25) is 0 Å². The van der Waals surface area contributed by atoms with Gasteiger partial charge < -0.3 is 16.6 Å². The van der Waals surface area contributed by atoms with Crippen LogP contribution < -0.4 is 16.8 Å². The van der Waals surface area contributed by atoms with E-state index in [1.807, 2.05) is 36.4 Å². The lowest BCUT2D eigenvalue weighted by Gasteiger charge is -2.28. The van der Waals surface area contributed by atoms with Crippen molar-refractivity contribution in [1.29, 1.82) is 0 Å². The Morgan fingerprint density at radius 3 is 1.98 bits per heavy atom. The van der Waals surface area contributed by atoms with Gasteiger partial charge in [-0.25, -0.2) is 9.59 Å². The molecule has 5 aromatic rings. The highest BCUT2D eigenvalue weighted by Crippen LogP contribution is 2.48. The first-order valence-corrected chi connectivity index (χ1v) is 15.2. The van der Waals surface area contributed by atoms with Gasteiger partial charge in [-0.2, -0.15) is 4.99 Å². The number of nitrogens with zero attached hydrogens (tertiary/aromatic N) is 1. The van der Waals surface area contributed by atoms with E-state index in [1.54, 1.807) is 0 Å². The number of hydrogen-bond acceptors (Lipinski definition) is 5. The number of amidine groups is 1. The highest BCUT2D eigenvalue weighted by Gasteiger charge is 2.36. The number of aliphatic imine (C=N–C) groups is 1. The molecule has 0 unspecified atom stereocenters. The van der Waals surface area contributed by atoms with Crippen LogP contribution >= 0.6 is 0 Å². The molecule has 9 nitrogen and oxygen atoms in total. The highest BCUT2D eigenvalue weighted by molar-refractivity contribution is 6.42. The molecular formula is C35H34N4O5. The molecule has 0 spiro atoms. The van der Waals surface area contributed by atoms with E-state index in [2.05, 4.69) is 24.2 Å². The van der Waals surface area contributed by atoms with Gasteiger partial charge in [0.25, 0.3) is 5.91 Å². The maximum absolute atomic E-state index is 13.9. The van der Waals surface area contributed by atoms with Crippen molar-refractivity contribution < 1.29 is 24.3 Å². The lowest BCUT2D eigenvalue weighted by molar-refractivity contribution is 0.0694. The summed E-state index contributed by atoms with van der Waals surface area (Å²) in [7, 11) is 0. The molecule has 5 aromatic carbocycles. The second kappa shape index (κ2) is 11.2. The lowest BCUT2D eigenvalue weighted by atomic mass is 9.76. The largest absolute Gasteiger partial charge is 0.478 e. The normalized spacial score (nSPS) is 13.5. The second-order valence-corrected chi connectivity index (χ2v) is 11.5. The van der Waals surface area contributed by atoms with Gasteiger partial charge in [0.05, 0.1) is 16.7 Å². The maximum Gasteiger partial charge on any atom is 0.349 e. The summed E-state index contributed by atoms with van der Waals surface area (Å²) >= 11 is 0. The van der Waals surface area contributed by atoms with Crippen molar-refractivity contribution >= 4 is 72.7 Å². The van der Waals surface area contributed by atoms with Crippen molar-refractivity contribution in [2.45, 2.75) is 65.2 Å². The van der Waals surface area contributed by atoms with Gasteiger partial charge in [-0.05, 0) is 63.7 Å². The fraction of sp³-hybridized carbons (Fsp3) is 0.286. The van der Waals surface area contributed by atoms with E-state index in [1.165, 1.54) is 0 Å². The predicted molar refractivity (Wildman–Crippen MR) is 173 cm³/mol. The smallest absolute Gasteiger partial charge is 0.349 e. The molecule has 1 aliphatic heterocycles. The average molecular weight is 591 g/mol. The number of primary amides is 1. The predicted octanol–water partition coefficient (Wildman–Crippen LogP) is 6.57. The van der Waals surface area contributed by atoms with Gasteiger partial charge in [0.1, 0.15) is 5.84 Å². The first kappa shape index (κ1) is 29.0. The van der Waals surface area contributed by atoms with Gasteiger partial charge in [-0.3, -0.25) is 14.9 Å². The van der Waals surface area contributed by atoms with E-state index < -0.39 is 29.4 Å². The summed E-state index contributed by atoms with van der Waals surface area (Å²) < 4.78 is 0. The summed E-state index contributed by atoms with van der Waals surface area (Å²) in [6, 6.07) is 10.6. The Morgan fingerprint density at radius 2 is 1.39 bits per heavy atom. The second-order valence-electron chi connectivity index (χ2n) is 11.5. The zero-order chi connectivity index (χ0) is 31.3. The topological polar surface area (TPSA) is 165 Å². The number of carboxylic acids is 1. The molecule has 9 heteroatoms. The Labute approximate surface area is 253 Å². The Balaban J connectivity index is 2.03. The first-order chi connectivity index (χ1) is 21.2. The van der Waals surface area contributed by atoms with Crippen LogP contribution in [0.25, 0.3) is 43.1 Å². The fourth-order valence-corrected chi connectivity index (χ4v) is 7.16. The lowest BCUT2D eigenvalue weighted by Crippen LogP contribution is -2.36. The number of amides is 4. The quantitative estimate of drug-likeness (QED) is 0.0816. The van der Waals surface area contributed by atoms with Crippen LogP contribution in [-0.4, -0.2) is 34.8 Å². The number of fused-ring (bicyclic) bond motifs is 2. The molecular weight excluding hydrogens is 556 g/mol. The first-order valence-electron chi connectivity index (χ1n) is 15.2. The molecule has 44 heavy (non-hydrogen) atoms. The number of unbranched alkanes of at least 4 members (excludes halogenated alkanes) is 4. The third-order valence-electron chi connectivity index (χ3n) is 8.86. The molecule has 6 N–H and O–H groups in total. The van der Waals surface area contributed by atoms with Crippen molar-refractivity contribution in [1.82, 2.24) is 5.32 Å². The number of aryl methyl sites for hydroxylation is 1. The van der Waals surface area contributed by atoms with Crippen molar-refractivity contribution in [3.05, 3.63) is 69.8 Å². The minimum atomic E-state index is -1.40. The van der Waals surface area contributed by atoms with Crippen LogP contribution in [0.5, 0.6) is 0 Å². The minimum Gasteiger partial charge on any atom is -0.478 e. The number of carbonyl (C=O) groups excluding carboxylic acids is 3. The summed E-state index contributed by atoms with van der Waals surface area (Å²) in [5.41, 5.74) is 13.7. The van der Waals surface area contributed by atoms with E-state index in [0.717, 1.165) is 71.2 Å². The Morgan fingerprint density at radius 1 is 0.773 bits per heavy atom. The van der Waals surface area contributed by atoms with Crippen LogP contribution in [0.3, 0.4) is 0 Å². The van der Waals surface area contributed by atoms with E-state index in [4.69, 9.17) is 11.5 Å². The number of imide groups is 1. The fourth-order valence-electron chi connectivity index (χ4n) is 7.16. The van der Waals surface area contributed by atoms with Gasteiger partial charge >= 0.3 is 12.0 Å². The average Bonchev–Trinajstić information content (AvgIpc) is 2.98. The molecule has 1 aliphatic rings. The number of nitrogens with two attached hydrogens (primary N) is 2. The van der Waals surface area contributed by atoms with Gasteiger partial charge in [0, 0.05) is 21.7 Å². The molecule has 224 valence electrons.